The second kappa shape index (κ2) is 8.74. The number of carbonyl (C=O) groups excluding carboxylic acids is 1. The van der Waals surface area contributed by atoms with E-state index < -0.39 is 5.60 Å². The van der Waals surface area contributed by atoms with Crippen molar-refractivity contribution in [2.24, 2.45) is 0 Å². The Kier molecular flexibility index (Phi) is 5.77. The van der Waals surface area contributed by atoms with Gasteiger partial charge in [-0.15, -0.1) is 11.3 Å². The molecule has 1 aliphatic rings. The topological polar surface area (TPSA) is 93.1 Å². The smallest absolute Gasteiger partial charge is 0.195 e. The van der Waals surface area contributed by atoms with Crippen LogP contribution in [0.15, 0.2) is 46.4 Å². The molecule has 0 saturated carbocycles. The highest BCUT2D eigenvalue weighted by Crippen LogP contribution is 2.29. The summed E-state index contributed by atoms with van der Waals surface area (Å²) in [7, 11) is 0. The van der Waals surface area contributed by atoms with Crippen molar-refractivity contribution >= 4 is 27.9 Å². The summed E-state index contributed by atoms with van der Waals surface area (Å²) >= 11 is 1.63. The number of carbonyl (C=O) groups is 1. The van der Waals surface area contributed by atoms with E-state index in [1.807, 2.05) is 24.3 Å². The number of hydrogen-bond acceptors (Lipinski definition) is 8. The third-order valence-corrected chi connectivity index (χ3v) is 6.54. The van der Waals surface area contributed by atoms with Gasteiger partial charge in [0, 0.05) is 42.7 Å². The van der Waals surface area contributed by atoms with E-state index in [4.69, 9.17) is 14.2 Å². The van der Waals surface area contributed by atoms with Gasteiger partial charge in [-0.2, -0.15) is 0 Å². The van der Waals surface area contributed by atoms with Crippen molar-refractivity contribution in [3.05, 3.63) is 58.9 Å². The molecule has 33 heavy (non-hydrogen) atoms. The van der Waals surface area contributed by atoms with E-state index in [9.17, 15) is 9.90 Å². The molecule has 0 aliphatic carbocycles. The molecular formula is C24H26N4O4S. The van der Waals surface area contributed by atoms with E-state index in [-0.39, 0.29) is 12.2 Å². The summed E-state index contributed by atoms with van der Waals surface area (Å²) in [6.07, 6.45) is 2.55. The van der Waals surface area contributed by atoms with E-state index >= 15 is 0 Å². The molecule has 3 aromatic heterocycles. The number of morpholine rings is 1. The predicted octanol–water partition coefficient (Wildman–Crippen LogP) is 3.47. The Labute approximate surface area is 195 Å². The summed E-state index contributed by atoms with van der Waals surface area (Å²) in [5, 5.41) is 16.0. The lowest BCUT2D eigenvalue weighted by atomic mass is 10.0. The summed E-state index contributed by atoms with van der Waals surface area (Å²) < 4.78 is 12.7. The molecular weight excluding hydrogens is 440 g/mol. The van der Waals surface area contributed by atoms with Crippen LogP contribution in [0.2, 0.25) is 0 Å². The molecule has 1 saturated heterocycles. The first-order valence-electron chi connectivity index (χ1n) is 11.0. The fourth-order valence-corrected chi connectivity index (χ4v) is 4.78. The minimum absolute atomic E-state index is 0.0380. The van der Waals surface area contributed by atoms with Crippen LogP contribution < -0.4 is 4.90 Å². The first-order chi connectivity index (χ1) is 15.9. The van der Waals surface area contributed by atoms with Crippen molar-refractivity contribution in [1.82, 2.24) is 14.5 Å². The zero-order valence-corrected chi connectivity index (χ0v) is 19.5. The Morgan fingerprint density at radius 2 is 1.94 bits per heavy atom. The Hall–Kier alpha value is -3.01. The number of Topliss-reactive ketones (excluding diaryl/α,β-unsaturated/α-hetero) is 1. The SMILES string of the molecule is CC(C)(O)c1cc(CC(=O)Cc2ccc(-c3cn4c(N5CCOCC5)csc4n3)cc2)no1. The van der Waals surface area contributed by atoms with Crippen LogP contribution in [-0.2, 0) is 28.0 Å². The van der Waals surface area contributed by atoms with Gasteiger partial charge in [0.2, 0.25) is 0 Å². The van der Waals surface area contributed by atoms with Crippen LogP contribution >= 0.6 is 11.3 Å². The Bertz CT molecular complexity index is 1260. The number of thiazole rings is 1. The van der Waals surface area contributed by atoms with Crippen molar-refractivity contribution < 1.29 is 19.2 Å². The van der Waals surface area contributed by atoms with Gasteiger partial charge >= 0.3 is 0 Å². The molecule has 1 fully saturated rings. The highest BCUT2D eigenvalue weighted by atomic mass is 32.1. The van der Waals surface area contributed by atoms with Crippen LogP contribution in [0.4, 0.5) is 5.82 Å². The van der Waals surface area contributed by atoms with Crippen molar-refractivity contribution in [3.8, 4) is 11.3 Å². The number of anilines is 1. The minimum atomic E-state index is -1.12. The summed E-state index contributed by atoms with van der Waals surface area (Å²) in [5.74, 6) is 1.54. The fraction of sp³-hybridized carbons (Fsp3) is 0.375. The molecule has 0 radical (unpaired) electrons. The van der Waals surface area contributed by atoms with Crippen LogP contribution in [0.5, 0.6) is 0 Å². The highest BCUT2D eigenvalue weighted by molar-refractivity contribution is 7.15. The number of nitrogens with zero attached hydrogens (tertiary/aromatic N) is 4. The molecule has 0 amide bonds. The average Bonchev–Trinajstić information content (AvgIpc) is 3.50. The summed E-state index contributed by atoms with van der Waals surface area (Å²) in [6.45, 7) is 6.50. The average molecular weight is 467 g/mol. The highest BCUT2D eigenvalue weighted by Gasteiger charge is 2.22. The van der Waals surface area contributed by atoms with Gasteiger partial charge < -0.3 is 19.3 Å². The van der Waals surface area contributed by atoms with Crippen molar-refractivity contribution in [2.75, 3.05) is 31.2 Å². The number of ether oxygens (including phenoxy) is 1. The molecule has 8 nitrogen and oxygen atoms in total. The summed E-state index contributed by atoms with van der Waals surface area (Å²) in [6, 6.07) is 9.58. The van der Waals surface area contributed by atoms with Crippen LogP contribution in [0.3, 0.4) is 0 Å². The largest absolute Gasteiger partial charge is 0.382 e. The van der Waals surface area contributed by atoms with Gasteiger partial charge in [-0.05, 0) is 19.4 Å². The second-order valence-corrected chi connectivity index (χ2v) is 9.64. The number of ketones is 1. The molecule has 0 unspecified atom stereocenters. The second-order valence-electron chi connectivity index (χ2n) is 8.80. The Morgan fingerprint density at radius 1 is 1.18 bits per heavy atom. The van der Waals surface area contributed by atoms with Gasteiger partial charge in [0.05, 0.1) is 31.0 Å². The number of rotatable bonds is 7. The van der Waals surface area contributed by atoms with E-state index in [2.05, 4.69) is 26.0 Å². The third-order valence-electron chi connectivity index (χ3n) is 5.72. The number of hydrogen-bond donors (Lipinski definition) is 1. The third kappa shape index (κ3) is 4.71. The van der Waals surface area contributed by atoms with Gasteiger partial charge in [0.15, 0.2) is 10.7 Å². The normalized spacial score (nSPS) is 14.8. The van der Waals surface area contributed by atoms with Crippen LogP contribution in [0.25, 0.3) is 16.2 Å². The lowest BCUT2D eigenvalue weighted by Gasteiger charge is -2.27. The van der Waals surface area contributed by atoms with Gasteiger partial charge in [0.25, 0.3) is 0 Å². The van der Waals surface area contributed by atoms with E-state index in [1.165, 1.54) is 0 Å². The molecule has 5 rings (SSSR count). The maximum absolute atomic E-state index is 12.5. The monoisotopic (exact) mass is 466 g/mol. The predicted molar refractivity (Wildman–Crippen MR) is 126 cm³/mol. The van der Waals surface area contributed by atoms with Crippen LogP contribution in [0.1, 0.15) is 30.9 Å². The Balaban J connectivity index is 1.25. The van der Waals surface area contributed by atoms with E-state index in [0.29, 0.717) is 17.9 Å². The number of aliphatic hydroxyl groups is 1. The van der Waals surface area contributed by atoms with Crippen LogP contribution in [0, 0.1) is 0 Å². The molecule has 0 spiro atoms. The van der Waals surface area contributed by atoms with E-state index in [1.54, 1.807) is 31.3 Å². The molecule has 9 heteroatoms. The minimum Gasteiger partial charge on any atom is -0.382 e. The van der Waals surface area contributed by atoms with Crippen molar-refractivity contribution in [3.63, 3.8) is 0 Å². The van der Waals surface area contributed by atoms with Crippen LogP contribution in [-0.4, -0.2) is 51.7 Å². The number of imidazole rings is 1. The molecule has 0 bridgehead atoms. The molecule has 4 heterocycles. The lowest BCUT2D eigenvalue weighted by Crippen LogP contribution is -2.36. The number of fused-ring (bicyclic) bond motifs is 1. The maximum atomic E-state index is 12.5. The first-order valence-corrected chi connectivity index (χ1v) is 11.8. The zero-order valence-electron chi connectivity index (χ0n) is 18.7. The lowest BCUT2D eigenvalue weighted by molar-refractivity contribution is -0.117. The first kappa shape index (κ1) is 21.8. The molecule has 1 aliphatic heterocycles. The zero-order chi connectivity index (χ0) is 23.0. The fourth-order valence-electron chi connectivity index (χ4n) is 3.90. The molecule has 4 aromatic rings. The van der Waals surface area contributed by atoms with E-state index in [0.717, 1.165) is 53.9 Å². The van der Waals surface area contributed by atoms with Gasteiger partial charge in [0.1, 0.15) is 17.2 Å². The molecule has 172 valence electrons. The molecule has 1 N–H and O–H groups in total. The van der Waals surface area contributed by atoms with Crippen molar-refractivity contribution in [2.45, 2.75) is 32.3 Å². The Morgan fingerprint density at radius 3 is 2.64 bits per heavy atom. The number of benzene rings is 1. The van der Waals surface area contributed by atoms with Crippen molar-refractivity contribution in [1.29, 1.82) is 0 Å². The molecule has 0 atom stereocenters. The quantitative estimate of drug-likeness (QED) is 0.446. The van der Waals surface area contributed by atoms with Gasteiger partial charge in [-0.3, -0.25) is 9.20 Å². The standard InChI is InChI=1S/C24H26N4O4S/c1-24(2,30)21-13-18(26-32-21)12-19(29)11-16-3-5-17(6-4-16)20-14-28-22(15-33-23(28)25-20)27-7-9-31-10-8-27/h3-6,13-15,30H,7-12H2,1-2H3. The summed E-state index contributed by atoms with van der Waals surface area (Å²) in [5.41, 5.74) is 2.28. The maximum Gasteiger partial charge on any atom is 0.195 e. The summed E-state index contributed by atoms with van der Waals surface area (Å²) in [4.78, 5) is 20.6. The number of aromatic nitrogens is 3. The van der Waals surface area contributed by atoms with Gasteiger partial charge in [-0.1, -0.05) is 29.4 Å². The van der Waals surface area contributed by atoms with Gasteiger partial charge in [-0.25, -0.2) is 4.98 Å². The molecule has 1 aromatic carbocycles.